The van der Waals surface area contributed by atoms with Crippen LogP contribution in [-0.2, 0) is 0 Å². The molecule has 3 rings (SSSR count). The number of aromatic nitrogens is 1. The molecule has 2 aromatic rings. The number of fused-ring (bicyclic) bond motifs is 1. The van der Waals surface area contributed by atoms with E-state index in [9.17, 15) is 4.79 Å². The first kappa shape index (κ1) is 13.0. The van der Waals surface area contributed by atoms with Crippen molar-refractivity contribution in [3.05, 3.63) is 30.5 Å². The number of benzene rings is 1. The summed E-state index contributed by atoms with van der Waals surface area (Å²) in [6, 6.07) is 8.02. The van der Waals surface area contributed by atoms with Crippen molar-refractivity contribution in [3.63, 3.8) is 0 Å². The number of nitrogens with one attached hydrogen (secondary N) is 2. The quantitative estimate of drug-likeness (QED) is 0.810. The lowest BCUT2D eigenvalue weighted by Crippen LogP contribution is -2.37. The summed E-state index contributed by atoms with van der Waals surface area (Å²) in [6.45, 7) is 1.74. The van der Waals surface area contributed by atoms with Crippen molar-refractivity contribution < 1.29 is 4.79 Å². The van der Waals surface area contributed by atoms with Crippen LogP contribution in [0, 0.1) is 0 Å². The maximum Gasteiger partial charge on any atom is 0.321 e. The van der Waals surface area contributed by atoms with E-state index in [1.165, 1.54) is 19.3 Å². The molecule has 1 aromatic heterocycles. The van der Waals surface area contributed by atoms with Gasteiger partial charge in [-0.15, -0.1) is 0 Å². The van der Waals surface area contributed by atoms with Crippen molar-refractivity contribution in [1.29, 1.82) is 0 Å². The SMILES string of the molecule is O=C(Nc1ccc2cc[nH]c2c1)N1CCCCCCC1. The number of hydrogen-bond acceptors (Lipinski definition) is 1. The van der Waals surface area contributed by atoms with Crippen molar-refractivity contribution in [2.45, 2.75) is 32.1 Å². The van der Waals surface area contributed by atoms with Gasteiger partial charge in [0, 0.05) is 30.5 Å². The second-order valence-corrected chi connectivity index (χ2v) is 5.46. The third-order valence-electron chi connectivity index (χ3n) is 3.95. The minimum Gasteiger partial charge on any atom is -0.361 e. The lowest BCUT2D eigenvalue weighted by molar-refractivity contribution is 0.206. The fourth-order valence-electron chi connectivity index (χ4n) is 2.78. The van der Waals surface area contributed by atoms with Crippen molar-refractivity contribution >= 4 is 22.6 Å². The standard InChI is InChI=1S/C16H21N3O/c20-16(19-10-4-2-1-3-5-11-19)18-14-7-6-13-8-9-17-15(13)12-14/h6-9,12,17H,1-5,10-11H2,(H,18,20). The largest absolute Gasteiger partial charge is 0.361 e. The van der Waals surface area contributed by atoms with Crippen LogP contribution in [0.2, 0.25) is 0 Å². The lowest BCUT2D eigenvalue weighted by atomic mass is 10.1. The minimum atomic E-state index is 0.0257. The highest BCUT2D eigenvalue weighted by Crippen LogP contribution is 2.18. The molecule has 1 aliphatic rings. The second-order valence-electron chi connectivity index (χ2n) is 5.46. The van der Waals surface area contributed by atoms with Crippen LogP contribution in [0.1, 0.15) is 32.1 Å². The average Bonchev–Trinajstić information content (AvgIpc) is 2.85. The monoisotopic (exact) mass is 271 g/mol. The van der Waals surface area contributed by atoms with Crippen LogP contribution >= 0.6 is 0 Å². The summed E-state index contributed by atoms with van der Waals surface area (Å²) < 4.78 is 0. The van der Waals surface area contributed by atoms with Crippen molar-refractivity contribution in [2.75, 3.05) is 18.4 Å². The van der Waals surface area contributed by atoms with Crippen LogP contribution in [0.5, 0.6) is 0 Å². The molecule has 0 saturated carbocycles. The molecule has 0 atom stereocenters. The number of rotatable bonds is 1. The van der Waals surface area contributed by atoms with E-state index in [1.807, 2.05) is 35.4 Å². The predicted molar refractivity (Wildman–Crippen MR) is 82.0 cm³/mol. The number of nitrogens with zero attached hydrogens (tertiary/aromatic N) is 1. The highest BCUT2D eigenvalue weighted by Gasteiger charge is 2.14. The van der Waals surface area contributed by atoms with Crippen LogP contribution in [0.15, 0.2) is 30.5 Å². The first-order chi connectivity index (χ1) is 9.83. The Morgan fingerprint density at radius 3 is 2.60 bits per heavy atom. The zero-order valence-corrected chi connectivity index (χ0v) is 11.7. The molecule has 2 N–H and O–H groups in total. The van der Waals surface area contributed by atoms with Gasteiger partial charge < -0.3 is 15.2 Å². The van der Waals surface area contributed by atoms with Gasteiger partial charge in [0.15, 0.2) is 0 Å². The summed E-state index contributed by atoms with van der Waals surface area (Å²) in [5, 5.41) is 4.17. The van der Waals surface area contributed by atoms with Gasteiger partial charge in [0.25, 0.3) is 0 Å². The summed E-state index contributed by atoms with van der Waals surface area (Å²) in [5.41, 5.74) is 1.91. The van der Waals surface area contributed by atoms with Gasteiger partial charge in [0.2, 0.25) is 0 Å². The van der Waals surface area contributed by atoms with E-state index in [0.717, 1.165) is 42.5 Å². The van der Waals surface area contributed by atoms with Crippen LogP contribution in [0.4, 0.5) is 10.5 Å². The molecule has 1 saturated heterocycles. The van der Waals surface area contributed by atoms with E-state index >= 15 is 0 Å². The highest BCUT2D eigenvalue weighted by molar-refractivity contribution is 5.92. The molecule has 20 heavy (non-hydrogen) atoms. The number of likely N-dealkylation sites (tertiary alicyclic amines) is 1. The molecule has 2 amide bonds. The fourth-order valence-corrected chi connectivity index (χ4v) is 2.78. The first-order valence-corrected chi connectivity index (χ1v) is 7.46. The topological polar surface area (TPSA) is 48.1 Å². The number of aromatic amines is 1. The molecule has 1 aromatic carbocycles. The van der Waals surface area contributed by atoms with Gasteiger partial charge in [-0.3, -0.25) is 0 Å². The zero-order chi connectivity index (χ0) is 13.8. The Kier molecular flexibility index (Phi) is 3.90. The fraction of sp³-hybridized carbons (Fsp3) is 0.438. The number of urea groups is 1. The number of H-pyrrole nitrogens is 1. The molecular formula is C16H21N3O. The van der Waals surface area contributed by atoms with Crippen molar-refractivity contribution in [1.82, 2.24) is 9.88 Å². The van der Waals surface area contributed by atoms with E-state index in [0.29, 0.717) is 0 Å². The molecule has 4 heteroatoms. The minimum absolute atomic E-state index is 0.0257. The van der Waals surface area contributed by atoms with Crippen LogP contribution < -0.4 is 5.32 Å². The Morgan fingerprint density at radius 2 is 1.80 bits per heavy atom. The average molecular weight is 271 g/mol. The van der Waals surface area contributed by atoms with E-state index in [4.69, 9.17) is 0 Å². The molecular weight excluding hydrogens is 250 g/mol. The third-order valence-corrected chi connectivity index (χ3v) is 3.95. The van der Waals surface area contributed by atoms with E-state index in [1.54, 1.807) is 0 Å². The molecule has 4 nitrogen and oxygen atoms in total. The molecule has 106 valence electrons. The highest BCUT2D eigenvalue weighted by atomic mass is 16.2. The first-order valence-electron chi connectivity index (χ1n) is 7.46. The molecule has 0 aliphatic carbocycles. The summed E-state index contributed by atoms with van der Waals surface area (Å²) >= 11 is 0. The molecule has 1 aliphatic heterocycles. The molecule has 1 fully saturated rings. The predicted octanol–water partition coefficient (Wildman–Crippen LogP) is 3.97. The van der Waals surface area contributed by atoms with Gasteiger partial charge in [-0.25, -0.2) is 4.79 Å². The van der Waals surface area contributed by atoms with Gasteiger partial charge in [-0.05, 0) is 36.4 Å². The van der Waals surface area contributed by atoms with E-state index in [-0.39, 0.29) is 6.03 Å². The van der Waals surface area contributed by atoms with Crippen LogP contribution in [-0.4, -0.2) is 29.0 Å². The Morgan fingerprint density at radius 1 is 1.05 bits per heavy atom. The number of carbonyl (C=O) groups is 1. The maximum atomic E-state index is 12.3. The maximum absolute atomic E-state index is 12.3. The summed E-state index contributed by atoms with van der Waals surface area (Å²) in [4.78, 5) is 17.4. The van der Waals surface area contributed by atoms with Gasteiger partial charge in [-0.2, -0.15) is 0 Å². The lowest BCUT2D eigenvalue weighted by Gasteiger charge is -2.25. The molecule has 0 bridgehead atoms. The molecule has 0 radical (unpaired) electrons. The summed E-state index contributed by atoms with van der Waals surface area (Å²) in [5.74, 6) is 0. The number of amides is 2. The summed E-state index contributed by atoms with van der Waals surface area (Å²) in [6.07, 6.45) is 7.91. The van der Waals surface area contributed by atoms with Crippen molar-refractivity contribution in [3.8, 4) is 0 Å². The Balaban J connectivity index is 1.67. The Bertz CT molecular complexity index is 582. The Labute approximate surface area is 119 Å². The zero-order valence-electron chi connectivity index (χ0n) is 11.7. The van der Waals surface area contributed by atoms with E-state index in [2.05, 4.69) is 10.3 Å². The smallest absolute Gasteiger partial charge is 0.321 e. The van der Waals surface area contributed by atoms with Gasteiger partial charge in [0.1, 0.15) is 0 Å². The molecule has 2 heterocycles. The Hall–Kier alpha value is -1.97. The van der Waals surface area contributed by atoms with Gasteiger partial charge in [0.05, 0.1) is 0 Å². The third kappa shape index (κ3) is 2.95. The van der Waals surface area contributed by atoms with Crippen molar-refractivity contribution in [2.24, 2.45) is 0 Å². The van der Waals surface area contributed by atoms with Gasteiger partial charge >= 0.3 is 6.03 Å². The number of anilines is 1. The van der Waals surface area contributed by atoms with Crippen LogP contribution in [0.3, 0.4) is 0 Å². The molecule has 0 spiro atoms. The van der Waals surface area contributed by atoms with Crippen LogP contribution in [0.25, 0.3) is 10.9 Å². The number of hydrogen-bond donors (Lipinski definition) is 2. The van der Waals surface area contributed by atoms with Gasteiger partial charge in [-0.1, -0.05) is 25.3 Å². The number of carbonyl (C=O) groups excluding carboxylic acids is 1. The normalized spacial score (nSPS) is 16.7. The second kappa shape index (κ2) is 5.99. The van der Waals surface area contributed by atoms with E-state index < -0.39 is 0 Å². The molecule has 0 unspecified atom stereocenters. The summed E-state index contributed by atoms with van der Waals surface area (Å²) in [7, 11) is 0.